The molecular formula is C22H31F2N3O3. The fourth-order valence-corrected chi connectivity index (χ4v) is 3.38. The highest BCUT2D eigenvalue weighted by atomic mass is 19.1. The lowest BCUT2D eigenvalue weighted by molar-refractivity contribution is -0.141. The number of halogens is 2. The average Bonchev–Trinajstić information content (AvgIpc) is 2.69. The summed E-state index contributed by atoms with van der Waals surface area (Å²) in [4.78, 5) is 41.1. The molecule has 0 spiro atoms. The van der Waals surface area contributed by atoms with Crippen LogP contribution in [-0.4, -0.2) is 59.7 Å². The number of hydrogen-bond acceptors (Lipinski definition) is 3. The van der Waals surface area contributed by atoms with E-state index in [1.807, 2.05) is 0 Å². The van der Waals surface area contributed by atoms with Crippen molar-refractivity contribution in [3.05, 3.63) is 35.4 Å². The third-order valence-electron chi connectivity index (χ3n) is 5.29. The molecule has 0 saturated carbocycles. The van der Waals surface area contributed by atoms with Crippen molar-refractivity contribution < 1.29 is 23.2 Å². The van der Waals surface area contributed by atoms with Gasteiger partial charge in [-0.15, -0.1) is 0 Å². The molecule has 2 rings (SSSR count). The Morgan fingerprint density at radius 3 is 2.00 bits per heavy atom. The van der Waals surface area contributed by atoms with Gasteiger partial charge in [0.2, 0.25) is 11.8 Å². The molecule has 0 radical (unpaired) electrons. The molecule has 6 nitrogen and oxygen atoms in total. The molecule has 0 aliphatic carbocycles. The summed E-state index contributed by atoms with van der Waals surface area (Å²) >= 11 is 0. The highest BCUT2D eigenvalue weighted by molar-refractivity contribution is 5.98. The molecule has 0 bridgehead atoms. The molecule has 1 aliphatic heterocycles. The SMILES string of the molecule is CC(C)CCC(=O)N1CCN(C(=O)C(NC(=O)c2c(F)cccc2F)C(C)C)CC1. The van der Waals surface area contributed by atoms with Gasteiger partial charge in [0, 0.05) is 32.6 Å². The van der Waals surface area contributed by atoms with Crippen molar-refractivity contribution in [2.45, 2.75) is 46.6 Å². The average molecular weight is 424 g/mol. The molecule has 1 aliphatic rings. The number of benzene rings is 1. The lowest BCUT2D eigenvalue weighted by Crippen LogP contribution is -2.57. The molecule has 1 unspecified atom stereocenters. The van der Waals surface area contributed by atoms with Crippen molar-refractivity contribution in [1.82, 2.24) is 15.1 Å². The van der Waals surface area contributed by atoms with Crippen molar-refractivity contribution in [2.75, 3.05) is 26.2 Å². The number of piperazine rings is 1. The topological polar surface area (TPSA) is 69.7 Å². The van der Waals surface area contributed by atoms with Gasteiger partial charge in [0.25, 0.3) is 5.91 Å². The maximum Gasteiger partial charge on any atom is 0.257 e. The van der Waals surface area contributed by atoms with Crippen LogP contribution in [0.4, 0.5) is 8.78 Å². The van der Waals surface area contributed by atoms with E-state index in [9.17, 15) is 23.2 Å². The minimum absolute atomic E-state index is 0.0829. The molecule has 1 saturated heterocycles. The third-order valence-corrected chi connectivity index (χ3v) is 5.29. The minimum Gasteiger partial charge on any atom is -0.340 e. The van der Waals surface area contributed by atoms with Gasteiger partial charge in [-0.1, -0.05) is 33.8 Å². The van der Waals surface area contributed by atoms with Crippen LogP contribution < -0.4 is 5.32 Å². The van der Waals surface area contributed by atoms with Gasteiger partial charge in [-0.25, -0.2) is 8.78 Å². The number of nitrogens with zero attached hydrogens (tertiary/aromatic N) is 2. The normalized spacial score (nSPS) is 15.5. The molecule has 0 aromatic heterocycles. The molecule has 166 valence electrons. The van der Waals surface area contributed by atoms with Crippen LogP contribution >= 0.6 is 0 Å². The van der Waals surface area contributed by atoms with Crippen LogP contribution in [0.5, 0.6) is 0 Å². The van der Waals surface area contributed by atoms with E-state index in [1.165, 1.54) is 6.07 Å². The van der Waals surface area contributed by atoms with Gasteiger partial charge in [0.05, 0.1) is 0 Å². The van der Waals surface area contributed by atoms with Crippen molar-refractivity contribution in [1.29, 1.82) is 0 Å². The van der Waals surface area contributed by atoms with E-state index in [1.54, 1.807) is 23.6 Å². The van der Waals surface area contributed by atoms with Crippen LogP contribution in [-0.2, 0) is 9.59 Å². The van der Waals surface area contributed by atoms with Gasteiger partial charge in [-0.3, -0.25) is 14.4 Å². The molecule has 8 heteroatoms. The predicted octanol–water partition coefficient (Wildman–Crippen LogP) is 2.83. The van der Waals surface area contributed by atoms with Gasteiger partial charge >= 0.3 is 0 Å². The van der Waals surface area contributed by atoms with Crippen LogP contribution in [0, 0.1) is 23.5 Å². The van der Waals surface area contributed by atoms with Crippen LogP contribution in [0.3, 0.4) is 0 Å². The second-order valence-corrected chi connectivity index (χ2v) is 8.43. The summed E-state index contributed by atoms with van der Waals surface area (Å²) in [6, 6.07) is 2.26. The molecule has 1 aromatic rings. The predicted molar refractivity (Wildman–Crippen MR) is 110 cm³/mol. The maximum atomic E-state index is 13.9. The van der Waals surface area contributed by atoms with E-state index >= 15 is 0 Å². The smallest absolute Gasteiger partial charge is 0.257 e. The van der Waals surface area contributed by atoms with E-state index in [2.05, 4.69) is 19.2 Å². The standard InChI is InChI=1S/C22H31F2N3O3/c1-14(2)8-9-18(28)26-10-12-27(13-11-26)22(30)20(15(3)4)25-21(29)19-16(23)6-5-7-17(19)24/h5-7,14-15,20H,8-13H2,1-4H3,(H,25,29). The van der Waals surface area contributed by atoms with Gasteiger partial charge in [-0.05, 0) is 30.4 Å². The fourth-order valence-electron chi connectivity index (χ4n) is 3.38. The van der Waals surface area contributed by atoms with Gasteiger partial charge in [0.1, 0.15) is 23.2 Å². The monoisotopic (exact) mass is 423 g/mol. The van der Waals surface area contributed by atoms with Crippen LogP contribution in [0.2, 0.25) is 0 Å². The Morgan fingerprint density at radius 1 is 0.967 bits per heavy atom. The first-order chi connectivity index (χ1) is 14.1. The number of nitrogens with one attached hydrogen (secondary N) is 1. The summed E-state index contributed by atoms with van der Waals surface area (Å²) in [5, 5.41) is 2.49. The Balaban J connectivity index is 2.00. The Morgan fingerprint density at radius 2 is 1.50 bits per heavy atom. The molecule has 1 aromatic carbocycles. The third kappa shape index (κ3) is 6.00. The summed E-state index contributed by atoms with van der Waals surface area (Å²) in [6.45, 7) is 9.23. The summed E-state index contributed by atoms with van der Waals surface area (Å²) in [7, 11) is 0. The number of rotatable bonds is 7. The Bertz CT molecular complexity index is 755. The van der Waals surface area contributed by atoms with Crippen LogP contribution in [0.1, 0.15) is 50.9 Å². The van der Waals surface area contributed by atoms with Crippen LogP contribution in [0.15, 0.2) is 18.2 Å². The Labute approximate surface area is 176 Å². The van der Waals surface area contributed by atoms with Crippen molar-refractivity contribution in [3.8, 4) is 0 Å². The first kappa shape index (κ1) is 23.8. The van der Waals surface area contributed by atoms with Crippen LogP contribution in [0.25, 0.3) is 0 Å². The molecular weight excluding hydrogens is 392 g/mol. The summed E-state index contributed by atoms with van der Waals surface area (Å²) in [6.07, 6.45) is 1.32. The molecule has 30 heavy (non-hydrogen) atoms. The second-order valence-electron chi connectivity index (χ2n) is 8.43. The van der Waals surface area contributed by atoms with E-state index in [0.29, 0.717) is 38.5 Å². The summed E-state index contributed by atoms with van der Waals surface area (Å²) in [5.41, 5.74) is -0.698. The van der Waals surface area contributed by atoms with Gasteiger partial charge in [-0.2, -0.15) is 0 Å². The molecule has 3 amide bonds. The summed E-state index contributed by atoms with van der Waals surface area (Å²) < 4.78 is 27.8. The Hall–Kier alpha value is -2.51. The van der Waals surface area contributed by atoms with Gasteiger partial charge < -0.3 is 15.1 Å². The first-order valence-corrected chi connectivity index (χ1v) is 10.4. The highest BCUT2D eigenvalue weighted by Gasteiger charge is 2.32. The molecule has 1 N–H and O–H groups in total. The highest BCUT2D eigenvalue weighted by Crippen LogP contribution is 2.15. The number of hydrogen-bond donors (Lipinski definition) is 1. The number of carbonyl (C=O) groups excluding carboxylic acids is 3. The zero-order chi connectivity index (χ0) is 22.4. The molecule has 1 fully saturated rings. The number of amides is 3. The zero-order valence-electron chi connectivity index (χ0n) is 18.1. The lowest BCUT2D eigenvalue weighted by atomic mass is 10.0. The zero-order valence-corrected chi connectivity index (χ0v) is 18.1. The fraction of sp³-hybridized carbons (Fsp3) is 0.591. The van der Waals surface area contributed by atoms with Crippen molar-refractivity contribution in [2.24, 2.45) is 11.8 Å². The largest absolute Gasteiger partial charge is 0.340 e. The Kier molecular flexibility index (Phi) is 8.32. The molecule has 1 heterocycles. The van der Waals surface area contributed by atoms with Crippen molar-refractivity contribution in [3.63, 3.8) is 0 Å². The van der Waals surface area contributed by atoms with Crippen molar-refractivity contribution >= 4 is 17.7 Å². The van der Waals surface area contributed by atoms with Gasteiger partial charge in [0.15, 0.2) is 0 Å². The molecule has 1 atom stereocenters. The number of carbonyl (C=O) groups is 3. The first-order valence-electron chi connectivity index (χ1n) is 10.4. The van der Waals surface area contributed by atoms with E-state index < -0.39 is 29.1 Å². The second kappa shape index (κ2) is 10.5. The maximum absolute atomic E-state index is 13.9. The minimum atomic E-state index is -0.976. The summed E-state index contributed by atoms with van der Waals surface area (Å²) in [5.74, 6) is -2.97. The quantitative estimate of drug-likeness (QED) is 0.733. The van der Waals surface area contributed by atoms with E-state index in [-0.39, 0.29) is 17.7 Å². The van der Waals surface area contributed by atoms with E-state index in [0.717, 1.165) is 18.6 Å². The lowest BCUT2D eigenvalue weighted by Gasteiger charge is -2.37. The van der Waals surface area contributed by atoms with E-state index in [4.69, 9.17) is 0 Å².